The van der Waals surface area contributed by atoms with Crippen molar-refractivity contribution in [3.63, 3.8) is 0 Å². The number of carbonyl (C=O) groups excluding carboxylic acids is 1. The van der Waals surface area contributed by atoms with Crippen LogP contribution < -0.4 is 29.6 Å². The Labute approximate surface area is 222 Å². The van der Waals surface area contributed by atoms with E-state index in [1.165, 1.54) is 44.9 Å². The fraction of sp³-hybridized carbons (Fsp3) is 0.826. The summed E-state index contributed by atoms with van der Waals surface area (Å²) in [6.07, 6.45) is 15.0. The molecule has 0 aromatic rings. The van der Waals surface area contributed by atoms with Gasteiger partial charge in [0, 0.05) is 6.42 Å². The Hall–Kier alpha value is -0.290. The standard InChI is InChI=1S/C23H42N2O6S.Na/c1-2-3-4-5-6-7-8-9-10-11-12-13-14-22(28)23-24(17-18-26)15-16-25(23)19-21(27)20-32(29,30)31;/h11-12,21,26-27H,2-10,13-20H2,1H3;/q;+1/b12-11+;. The van der Waals surface area contributed by atoms with E-state index in [9.17, 15) is 28.0 Å². The van der Waals surface area contributed by atoms with Crippen molar-refractivity contribution in [2.45, 2.75) is 83.7 Å². The van der Waals surface area contributed by atoms with Crippen LogP contribution in [0.3, 0.4) is 0 Å². The third-order valence-corrected chi connectivity index (χ3v) is 6.41. The summed E-state index contributed by atoms with van der Waals surface area (Å²) in [6.45, 7) is 3.25. The predicted molar refractivity (Wildman–Crippen MR) is 125 cm³/mol. The fourth-order valence-electron chi connectivity index (χ4n) is 4.02. The van der Waals surface area contributed by atoms with Gasteiger partial charge >= 0.3 is 35.4 Å². The predicted octanol–water partition coefficient (Wildman–Crippen LogP) is -0.948. The molecule has 0 amide bonds. The van der Waals surface area contributed by atoms with Gasteiger partial charge in [0.15, 0.2) is 0 Å². The number of hydrogen-bond donors (Lipinski definition) is 2. The summed E-state index contributed by atoms with van der Waals surface area (Å²) in [5, 5.41) is 19.2. The van der Waals surface area contributed by atoms with E-state index < -0.39 is 22.0 Å². The number of nitrogens with zero attached hydrogens (tertiary/aromatic N) is 2. The van der Waals surface area contributed by atoms with Crippen LogP contribution in [0.5, 0.6) is 0 Å². The number of β-amino-alcohol motifs (C(OH)–C–C–N with tert-alkyl or cyclic N) is 2. The fourth-order valence-corrected chi connectivity index (χ4v) is 4.60. The Morgan fingerprint density at radius 1 is 1.12 bits per heavy atom. The average Bonchev–Trinajstić information content (AvgIpc) is 3.09. The summed E-state index contributed by atoms with van der Waals surface area (Å²) in [5.74, 6) is -0.602. The molecule has 1 aliphatic rings. The smallest absolute Gasteiger partial charge is 0.748 e. The van der Waals surface area contributed by atoms with Crippen molar-refractivity contribution in [2.24, 2.45) is 0 Å². The molecule has 0 aliphatic carbocycles. The molecule has 2 N–H and O–H groups in total. The number of aliphatic hydroxyl groups is 2. The van der Waals surface area contributed by atoms with Crippen molar-refractivity contribution in [3.8, 4) is 0 Å². The van der Waals surface area contributed by atoms with Crippen LogP contribution in [0.15, 0.2) is 12.2 Å². The van der Waals surface area contributed by atoms with E-state index in [1.807, 2.05) is 6.08 Å². The molecule has 1 heterocycles. The van der Waals surface area contributed by atoms with Gasteiger partial charge in [-0.15, -0.1) is 0 Å². The van der Waals surface area contributed by atoms with Crippen LogP contribution in [0.2, 0.25) is 0 Å². The topological polar surface area (TPSA) is 121 Å². The first-order valence-corrected chi connectivity index (χ1v) is 13.6. The number of rotatable bonds is 19. The molecule has 1 atom stereocenters. The number of ketones is 1. The van der Waals surface area contributed by atoms with Gasteiger partial charge in [-0.1, -0.05) is 64.0 Å². The molecule has 0 aromatic carbocycles. The molecule has 0 saturated carbocycles. The monoisotopic (exact) mass is 497 g/mol. The molecule has 0 bridgehead atoms. The van der Waals surface area contributed by atoms with E-state index in [2.05, 4.69) is 13.0 Å². The maximum absolute atomic E-state index is 12.8. The normalized spacial score (nSPS) is 15.3. The zero-order valence-corrected chi connectivity index (χ0v) is 23.4. The van der Waals surface area contributed by atoms with E-state index in [0.717, 1.165) is 12.8 Å². The van der Waals surface area contributed by atoms with Crippen molar-refractivity contribution in [2.75, 3.05) is 38.5 Å². The van der Waals surface area contributed by atoms with Gasteiger partial charge < -0.3 is 14.8 Å². The maximum atomic E-state index is 12.8. The van der Waals surface area contributed by atoms with Crippen LogP contribution in [0.1, 0.15) is 77.6 Å². The molecule has 0 fully saturated rings. The Balaban J connectivity index is 0.0000102. The van der Waals surface area contributed by atoms with Gasteiger partial charge in [0.1, 0.15) is 32.3 Å². The molecule has 1 aliphatic heterocycles. The number of aliphatic hydroxyl groups excluding tert-OH is 2. The zero-order valence-electron chi connectivity index (χ0n) is 20.6. The second kappa shape index (κ2) is 19.0. The number of Topliss-reactive ketones (excluding diaryl/α,β-unsaturated/α-hetero) is 1. The Bertz CT molecular complexity index is 712. The summed E-state index contributed by atoms with van der Waals surface area (Å²) in [7, 11) is -4.54. The van der Waals surface area contributed by atoms with E-state index >= 15 is 0 Å². The average molecular weight is 498 g/mol. The summed E-state index contributed by atoms with van der Waals surface area (Å²) >= 11 is 0. The first-order valence-electron chi connectivity index (χ1n) is 12.1. The van der Waals surface area contributed by atoms with Crippen LogP contribution in [0, 0.1) is 0 Å². The number of carbonyl (C=O) groups is 1. The van der Waals surface area contributed by atoms with Crippen LogP contribution in [0.4, 0.5) is 0 Å². The summed E-state index contributed by atoms with van der Waals surface area (Å²) in [6, 6.07) is 0. The summed E-state index contributed by atoms with van der Waals surface area (Å²) in [5.41, 5.74) is 0. The van der Waals surface area contributed by atoms with Crippen molar-refractivity contribution >= 4 is 21.7 Å². The first-order chi connectivity index (χ1) is 15.3. The largest absolute Gasteiger partial charge is 1.00 e. The zero-order chi connectivity index (χ0) is 23.8. The maximum Gasteiger partial charge on any atom is 1.00 e. The minimum absolute atomic E-state index is 0. The van der Waals surface area contributed by atoms with Gasteiger partial charge in [-0.05, 0) is 19.3 Å². The summed E-state index contributed by atoms with van der Waals surface area (Å²) in [4.78, 5) is 14.5. The molecule has 0 radical (unpaired) electrons. The van der Waals surface area contributed by atoms with Crippen molar-refractivity contribution < 1.29 is 62.1 Å². The Morgan fingerprint density at radius 2 is 1.73 bits per heavy atom. The van der Waals surface area contributed by atoms with Gasteiger partial charge in [-0.3, -0.25) is 14.3 Å². The van der Waals surface area contributed by atoms with Gasteiger partial charge in [-0.2, -0.15) is 0 Å². The third-order valence-electron chi connectivity index (χ3n) is 5.61. The van der Waals surface area contributed by atoms with E-state index in [4.69, 9.17) is 0 Å². The van der Waals surface area contributed by atoms with Crippen LogP contribution in [-0.2, 0) is 14.9 Å². The second-order valence-electron chi connectivity index (χ2n) is 8.56. The van der Waals surface area contributed by atoms with E-state index in [0.29, 0.717) is 38.3 Å². The minimum Gasteiger partial charge on any atom is -0.748 e. The number of allylic oxidation sites excluding steroid dienone is 2. The van der Waals surface area contributed by atoms with Crippen LogP contribution in [0.25, 0.3) is 0 Å². The molecular formula is C23H42N2NaO6S+. The molecule has 1 unspecified atom stereocenters. The molecule has 8 nitrogen and oxygen atoms in total. The molecule has 0 aromatic heterocycles. The summed E-state index contributed by atoms with van der Waals surface area (Å²) < 4.78 is 34.3. The molecule has 10 heteroatoms. The minimum atomic E-state index is -4.54. The Morgan fingerprint density at radius 3 is 2.33 bits per heavy atom. The molecule has 0 spiro atoms. The SMILES string of the molecule is CCCCCCCCCC/C=C/CCC(=O)C1=[N+](CC(O)CS(=O)(=O)[O-])CCN1CCO.[Na+]. The van der Waals surface area contributed by atoms with Gasteiger partial charge in [0.05, 0.1) is 22.5 Å². The number of hydrogen-bond acceptors (Lipinski definition) is 7. The van der Waals surface area contributed by atoms with Crippen molar-refractivity contribution in [3.05, 3.63) is 12.2 Å². The molecule has 0 saturated heterocycles. The third kappa shape index (κ3) is 15.3. The molecule has 1 rings (SSSR count). The van der Waals surface area contributed by atoms with E-state index in [-0.39, 0.29) is 48.5 Å². The van der Waals surface area contributed by atoms with Crippen molar-refractivity contribution in [1.29, 1.82) is 0 Å². The first kappa shape index (κ1) is 32.7. The van der Waals surface area contributed by atoms with Crippen LogP contribution in [-0.4, -0.2) is 88.9 Å². The van der Waals surface area contributed by atoms with Crippen molar-refractivity contribution in [1.82, 2.24) is 4.90 Å². The van der Waals surface area contributed by atoms with E-state index in [1.54, 1.807) is 9.48 Å². The van der Waals surface area contributed by atoms with Gasteiger partial charge in [0.2, 0.25) is 5.78 Å². The Kier molecular flexibility index (Phi) is 18.8. The van der Waals surface area contributed by atoms with Crippen LogP contribution >= 0.6 is 0 Å². The quantitative estimate of drug-likeness (QED) is 0.0776. The molecule has 33 heavy (non-hydrogen) atoms. The number of unbranched alkanes of at least 4 members (excludes halogenated alkanes) is 8. The molecule has 186 valence electrons. The number of amidine groups is 1. The van der Waals surface area contributed by atoms with Gasteiger partial charge in [-0.25, -0.2) is 8.42 Å². The van der Waals surface area contributed by atoms with Gasteiger partial charge in [0.25, 0.3) is 0 Å². The second-order valence-corrected chi connectivity index (χ2v) is 10.0. The molecular weight excluding hydrogens is 455 g/mol.